The first kappa shape index (κ1) is 33.5. The normalized spacial score (nSPS) is 16.1. The molecule has 1 aromatic carbocycles. The Kier molecular flexibility index (Phi) is 21.3. The summed E-state index contributed by atoms with van der Waals surface area (Å²) in [5.74, 6) is 1.02. The molecule has 2 rings (SSSR count). The lowest BCUT2D eigenvalue weighted by Crippen LogP contribution is -2.47. The van der Waals surface area contributed by atoms with E-state index in [0.29, 0.717) is 24.9 Å². The number of nitrogens with one attached hydrogen (secondary N) is 1. The molecule has 1 aliphatic rings. The van der Waals surface area contributed by atoms with Crippen LogP contribution < -0.4 is 11.1 Å². The van der Waals surface area contributed by atoms with Gasteiger partial charge in [0.25, 0.3) is 0 Å². The number of benzene rings is 1. The summed E-state index contributed by atoms with van der Waals surface area (Å²) in [6.07, 6.45) is 3.39. The van der Waals surface area contributed by atoms with Gasteiger partial charge >= 0.3 is 6.03 Å². The summed E-state index contributed by atoms with van der Waals surface area (Å²) in [6.45, 7) is 18.0. The molecule has 0 radical (unpaired) electrons. The number of carbonyl (C=O) groups is 1. The highest BCUT2D eigenvalue weighted by Crippen LogP contribution is 2.31. The van der Waals surface area contributed by atoms with E-state index in [-0.39, 0.29) is 11.6 Å². The van der Waals surface area contributed by atoms with Crippen LogP contribution in [0, 0.1) is 5.92 Å². The van der Waals surface area contributed by atoms with Crippen molar-refractivity contribution >= 4 is 6.03 Å². The van der Waals surface area contributed by atoms with Crippen LogP contribution in [0.2, 0.25) is 0 Å². The van der Waals surface area contributed by atoms with Gasteiger partial charge in [0.2, 0.25) is 0 Å². The maximum absolute atomic E-state index is 12.0. The molecule has 3 N–H and O–H groups in total. The van der Waals surface area contributed by atoms with E-state index < -0.39 is 0 Å². The van der Waals surface area contributed by atoms with Crippen LogP contribution in [-0.2, 0) is 9.47 Å². The van der Waals surface area contributed by atoms with Gasteiger partial charge in [0.15, 0.2) is 0 Å². The van der Waals surface area contributed by atoms with Crippen molar-refractivity contribution in [1.82, 2.24) is 10.2 Å². The van der Waals surface area contributed by atoms with E-state index in [1.165, 1.54) is 12.0 Å². The molecule has 1 heterocycles. The first-order valence-electron chi connectivity index (χ1n) is 12.5. The lowest BCUT2D eigenvalue weighted by atomic mass is 9.82. The molecular formula is C27H53N3O3. The van der Waals surface area contributed by atoms with Crippen LogP contribution >= 0.6 is 0 Å². The molecule has 6 nitrogen and oxygen atoms in total. The van der Waals surface area contributed by atoms with Crippen molar-refractivity contribution < 1.29 is 14.3 Å². The van der Waals surface area contributed by atoms with Crippen LogP contribution in [0.25, 0.3) is 0 Å². The van der Waals surface area contributed by atoms with Crippen molar-refractivity contribution in [3.63, 3.8) is 0 Å². The van der Waals surface area contributed by atoms with Gasteiger partial charge in [0.1, 0.15) is 0 Å². The SMILES string of the molecule is CC.CC(c1ccccc1)C1CCCN(C(=O)NCCN)C1.CCCOC.COC(C)(C)C. The number of methoxy groups -OCH3 is 2. The van der Waals surface area contributed by atoms with E-state index in [1.54, 1.807) is 14.2 Å². The minimum Gasteiger partial charge on any atom is -0.385 e. The van der Waals surface area contributed by atoms with Crippen molar-refractivity contribution in [2.24, 2.45) is 11.7 Å². The molecule has 2 atom stereocenters. The molecule has 1 saturated heterocycles. The molecule has 2 amide bonds. The fourth-order valence-electron chi connectivity index (χ4n) is 3.13. The Balaban J connectivity index is 0. The van der Waals surface area contributed by atoms with Crippen molar-refractivity contribution in [2.75, 3.05) is 47.0 Å². The smallest absolute Gasteiger partial charge is 0.317 e. The Morgan fingerprint density at radius 1 is 1.21 bits per heavy atom. The molecule has 0 saturated carbocycles. The molecule has 194 valence electrons. The first-order chi connectivity index (χ1) is 15.7. The molecule has 0 bridgehead atoms. The van der Waals surface area contributed by atoms with Gasteiger partial charge in [-0.25, -0.2) is 4.79 Å². The summed E-state index contributed by atoms with van der Waals surface area (Å²) >= 11 is 0. The number of urea groups is 1. The quantitative estimate of drug-likeness (QED) is 0.565. The Morgan fingerprint density at radius 2 is 1.79 bits per heavy atom. The zero-order valence-electron chi connectivity index (χ0n) is 22.9. The second-order valence-electron chi connectivity index (χ2n) is 8.88. The standard InChI is InChI=1S/C16H25N3O.C5H12O.C4H10O.C2H6/c1-13(14-6-3-2-4-7-14)15-8-5-11-19(12-15)16(20)18-10-9-17;1-5(2,3)6-4;1-3-4-5-2;1-2/h2-4,6-7,13,15H,5,8-12,17H2,1H3,(H,18,20);1-4H3;3-4H2,1-2H3;1-2H3. The highest BCUT2D eigenvalue weighted by Gasteiger charge is 2.27. The van der Waals surface area contributed by atoms with Crippen LogP contribution in [0.1, 0.15) is 79.2 Å². The Bertz CT molecular complexity index is 559. The number of nitrogens with zero attached hydrogens (tertiary/aromatic N) is 1. The minimum atomic E-state index is 0.0282. The number of nitrogens with two attached hydrogens (primary N) is 1. The summed E-state index contributed by atoms with van der Waals surface area (Å²) in [5, 5.41) is 2.86. The van der Waals surface area contributed by atoms with Gasteiger partial charge < -0.3 is 25.4 Å². The number of piperidine rings is 1. The summed E-state index contributed by atoms with van der Waals surface area (Å²) in [5.41, 5.74) is 6.83. The Labute approximate surface area is 204 Å². The number of hydrogen-bond donors (Lipinski definition) is 2. The Hall–Kier alpha value is -1.63. The van der Waals surface area contributed by atoms with Crippen molar-refractivity contribution in [1.29, 1.82) is 0 Å². The van der Waals surface area contributed by atoms with E-state index >= 15 is 0 Å². The average molecular weight is 468 g/mol. The van der Waals surface area contributed by atoms with Gasteiger partial charge in [-0.3, -0.25) is 0 Å². The predicted molar refractivity (Wildman–Crippen MR) is 142 cm³/mol. The molecular weight excluding hydrogens is 414 g/mol. The molecule has 0 spiro atoms. The van der Waals surface area contributed by atoms with Gasteiger partial charge in [0, 0.05) is 47.0 Å². The molecule has 6 heteroatoms. The van der Waals surface area contributed by atoms with Gasteiger partial charge in [0.05, 0.1) is 5.60 Å². The van der Waals surface area contributed by atoms with E-state index in [1.807, 2.05) is 45.6 Å². The lowest BCUT2D eigenvalue weighted by molar-refractivity contribution is 0.0397. The predicted octanol–water partition coefficient (Wildman–Crippen LogP) is 5.67. The molecule has 33 heavy (non-hydrogen) atoms. The number of ether oxygens (including phenoxy) is 2. The lowest BCUT2D eigenvalue weighted by Gasteiger charge is -2.36. The van der Waals surface area contributed by atoms with E-state index in [2.05, 4.69) is 43.4 Å². The molecule has 2 unspecified atom stereocenters. The third-order valence-corrected chi connectivity index (χ3v) is 5.22. The van der Waals surface area contributed by atoms with Crippen molar-refractivity contribution in [3.8, 4) is 0 Å². The monoisotopic (exact) mass is 467 g/mol. The summed E-state index contributed by atoms with van der Waals surface area (Å²) in [6, 6.07) is 10.6. The average Bonchev–Trinajstić information content (AvgIpc) is 2.84. The number of rotatable bonds is 6. The van der Waals surface area contributed by atoms with Gasteiger partial charge in [-0.05, 0) is 57.4 Å². The second kappa shape index (κ2) is 20.9. The first-order valence-corrected chi connectivity index (χ1v) is 12.5. The van der Waals surface area contributed by atoms with Crippen LogP contribution in [0.15, 0.2) is 30.3 Å². The third kappa shape index (κ3) is 17.5. The van der Waals surface area contributed by atoms with Gasteiger partial charge in [-0.1, -0.05) is 58.0 Å². The van der Waals surface area contributed by atoms with Gasteiger partial charge in [-0.15, -0.1) is 0 Å². The molecule has 1 fully saturated rings. The number of hydrogen-bond acceptors (Lipinski definition) is 4. The fraction of sp³-hybridized carbons (Fsp3) is 0.741. The highest BCUT2D eigenvalue weighted by atomic mass is 16.5. The topological polar surface area (TPSA) is 76.8 Å². The van der Waals surface area contributed by atoms with Crippen LogP contribution in [0.3, 0.4) is 0 Å². The zero-order chi connectivity index (χ0) is 25.7. The van der Waals surface area contributed by atoms with Crippen LogP contribution in [0.4, 0.5) is 4.79 Å². The van der Waals surface area contributed by atoms with Crippen LogP contribution in [-0.4, -0.2) is 63.5 Å². The largest absolute Gasteiger partial charge is 0.385 e. The molecule has 1 aromatic rings. The maximum atomic E-state index is 12.0. The summed E-state index contributed by atoms with van der Waals surface area (Å²) in [7, 11) is 3.42. The minimum absolute atomic E-state index is 0.0282. The Morgan fingerprint density at radius 3 is 2.21 bits per heavy atom. The van der Waals surface area contributed by atoms with E-state index in [9.17, 15) is 4.79 Å². The molecule has 0 aromatic heterocycles. The number of likely N-dealkylation sites (tertiary alicyclic amines) is 1. The van der Waals surface area contributed by atoms with Crippen molar-refractivity contribution in [2.45, 2.75) is 79.2 Å². The number of carbonyl (C=O) groups excluding carboxylic acids is 1. The zero-order valence-corrected chi connectivity index (χ0v) is 22.9. The van der Waals surface area contributed by atoms with Crippen LogP contribution in [0.5, 0.6) is 0 Å². The van der Waals surface area contributed by atoms with E-state index in [0.717, 1.165) is 32.5 Å². The molecule has 0 aliphatic carbocycles. The summed E-state index contributed by atoms with van der Waals surface area (Å²) < 4.78 is 9.63. The second-order valence-corrected chi connectivity index (χ2v) is 8.88. The fourth-order valence-corrected chi connectivity index (χ4v) is 3.13. The summed E-state index contributed by atoms with van der Waals surface area (Å²) in [4.78, 5) is 14.0. The number of amides is 2. The third-order valence-electron chi connectivity index (χ3n) is 5.22. The highest BCUT2D eigenvalue weighted by molar-refractivity contribution is 5.74. The molecule has 1 aliphatic heterocycles. The van der Waals surface area contributed by atoms with E-state index in [4.69, 9.17) is 15.2 Å². The maximum Gasteiger partial charge on any atom is 0.317 e. The van der Waals surface area contributed by atoms with Gasteiger partial charge in [-0.2, -0.15) is 0 Å². The van der Waals surface area contributed by atoms with Crippen molar-refractivity contribution in [3.05, 3.63) is 35.9 Å².